The van der Waals surface area contributed by atoms with Crippen LogP contribution in [0.1, 0.15) is 33.1 Å². The number of rotatable bonds is 3. The Hall–Kier alpha value is -5.09. The molecule has 1 atom stereocenters. The topological polar surface area (TPSA) is 175 Å². The van der Waals surface area contributed by atoms with E-state index in [1.54, 1.807) is 12.1 Å². The largest absolute Gasteiger partial charge is 0.465 e. The lowest BCUT2D eigenvalue weighted by Gasteiger charge is -2.26. The number of nitrogens with one attached hydrogen (secondary N) is 2. The number of pyridine rings is 1. The molecule has 2 aromatic carbocycles. The van der Waals surface area contributed by atoms with Gasteiger partial charge in [0.25, 0.3) is 0 Å². The van der Waals surface area contributed by atoms with Crippen molar-refractivity contribution in [3.05, 3.63) is 70.8 Å². The molecule has 10 nitrogen and oxygen atoms in total. The second-order valence-corrected chi connectivity index (χ2v) is 7.10. The third-order valence-corrected chi connectivity index (χ3v) is 5.20. The van der Waals surface area contributed by atoms with Gasteiger partial charge in [-0.15, -0.1) is 0 Å². The lowest BCUT2D eigenvalue weighted by molar-refractivity contribution is 0.0600. The van der Waals surface area contributed by atoms with Crippen molar-refractivity contribution in [2.75, 3.05) is 23.9 Å². The van der Waals surface area contributed by atoms with E-state index in [1.807, 2.05) is 48.7 Å². The first-order valence-corrected chi connectivity index (χ1v) is 9.74. The van der Waals surface area contributed by atoms with E-state index in [2.05, 4.69) is 20.6 Å². The molecular formula is C23H18N8O2. The molecule has 0 fully saturated rings. The molecule has 162 valence electrons. The number of nitrogen functional groups attached to an aromatic ring is 2. The van der Waals surface area contributed by atoms with Crippen molar-refractivity contribution in [3.63, 3.8) is 0 Å². The smallest absolute Gasteiger partial charge is 0.337 e. The Morgan fingerprint density at radius 3 is 2.58 bits per heavy atom. The van der Waals surface area contributed by atoms with E-state index in [0.717, 1.165) is 16.7 Å². The molecule has 1 aliphatic rings. The quantitative estimate of drug-likeness (QED) is 0.272. The molecule has 0 aliphatic carbocycles. The lowest BCUT2D eigenvalue weighted by Crippen LogP contribution is -2.32. The molecule has 10 heteroatoms. The van der Waals surface area contributed by atoms with Crippen LogP contribution in [0.5, 0.6) is 0 Å². The number of hydrogen-bond donors (Lipinski definition) is 4. The number of aliphatic imine (C=N–C) groups is 1. The van der Waals surface area contributed by atoms with Gasteiger partial charge in [-0.3, -0.25) is 5.32 Å². The SMILES string of the molecule is COC(=O)c1ccc(-c2cccc(C3N=C(NC#N)Nc4nc(N)c(C#N)c(N)c43)c2)cc1. The average Bonchev–Trinajstić information content (AvgIpc) is 2.83. The first kappa shape index (κ1) is 21.2. The number of nitrogens with two attached hydrogens (primary N) is 2. The first-order valence-electron chi connectivity index (χ1n) is 9.74. The summed E-state index contributed by atoms with van der Waals surface area (Å²) in [6, 6.07) is 15.9. The summed E-state index contributed by atoms with van der Waals surface area (Å²) < 4.78 is 4.74. The average molecular weight is 438 g/mol. The van der Waals surface area contributed by atoms with Gasteiger partial charge < -0.3 is 21.5 Å². The zero-order valence-corrected chi connectivity index (χ0v) is 17.5. The van der Waals surface area contributed by atoms with Crippen LogP contribution in [0.15, 0.2) is 53.5 Å². The normalized spacial score (nSPS) is 14.0. The Bertz CT molecular complexity index is 1370. The van der Waals surface area contributed by atoms with Crippen LogP contribution in [0.25, 0.3) is 11.1 Å². The van der Waals surface area contributed by atoms with Gasteiger partial charge in [0.1, 0.15) is 29.3 Å². The zero-order chi connectivity index (χ0) is 23.5. The number of hydrogen-bond acceptors (Lipinski definition) is 10. The number of carbonyl (C=O) groups is 1. The number of carbonyl (C=O) groups excluding carboxylic acids is 1. The third kappa shape index (κ3) is 3.84. The number of fused-ring (bicyclic) bond motifs is 1. The molecule has 3 aromatic rings. The molecule has 1 aliphatic heterocycles. The van der Waals surface area contributed by atoms with Crippen molar-refractivity contribution in [2.24, 2.45) is 4.99 Å². The number of esters is 1. The number of ether oxygens (including phenoxy) is 1. The summed E-state index contributed by atoms with van der Waals surface area (Å²) in [4.78, 5) is 20.5. The maximum absolute atomic E-state index is 11.7. The Labute approximate surface area is 189 Å². The highest BCUT2D eigenvalue weighted by atomic mass is 16.5. The van der Waals surface area contributed by atoms with Crippen molar-refractivity contribution in [1.82, 2.24) is 10.3 Å². The fourth-order valence-electron chi connectivity index (χ4n) is 3.63. The Kier molecular flexibility index (Phi) is 5.49. The predicted octanol–water partition coefficient (Wildman–Crippen LogP) is 2.51. The maximum atomic E-state index is 11.7. The molecule has 0 saturated heterocycles. The fourth-order valence-corrected chi connectivity index (χ4v) is 3.63. The van der Waals surface area contributed by atoms with E-state index >= 15 is 0 Å². The van der Waals surface area contributed by atoms with E-state index in [0.29, 0.717) is 16.9 Å². The van der Waals surface area contributed by atoms with Crippen LogP contribution in [-0.2, 0) is 4.74 Å². The predicted molar refractivity (Wildman–Crippen MR) is 123 cm³/mol. The number of nitriles is 2. The zero-order valence-electron chi connectivity index (χ0n) is 17.5. The summed E-state index contributed by atoms with van der Waals surface area (Å²) in [6.45, 7) is 0. The summed E-state index contributed by atoms with van der Waals surface area (Å²) in [5.41, 5.74) is 15.9. The Morgan fingerprint density at radius 1 is 1.15 bits per heavy atom. The van der Waals surface area contributed by atoms with Crippen LogP contribution in [0.3, 0.4) is 0 Å². The van der Waals surface area contributed by atoms with Crippen molar-refractivity contribution in [3.8, 4) is 23.4 Å². The van der Waals surface area contributed by atoms with Gasteiger partial charge in [0, 0.05) is 5.56 Å². The van der Waals surface area contributed by atoms with E-state index < -0.39 is 12.0 Å². The molecule has 2 heterocycles. The molecule has 0 bridgehead atoms. The van der Waals surface area contributed by atoms with E-state index in [1.165, 1.54) is 7.11 Å². The van der Waals surface area contributed by atoms with Crippen LogP contribution in [0.2, 0.25) is 0 Å². The molecule has 4 rings (SSSR count). The number of nitrogens with zero attached hydrogens (tertiary/aromatic N) is 4. The molecule has 0 saturated carbocycles. The van der Waals surface area contributed by atoms with Crippen molar-refractivity contribution >= 4 is 29.3 Å². The number of anilines is 3. The maximum Gasteiger partial charge on any atom is 0.337 e. The molecule has 1 aromatic heterocycles. The highest BCUT2D eigenvalue weighted by Gasteiger charge is 2.29. The van der Waals surface area contributed by atoms with Gasteiger partial charge in [-0.25, -0.2) is 14.8 Å². The molecular weight excluding hydrogens is 420 g/mol. The van der Waals surface area contributed by atoms with Crippen molar-refractivity contribution < 1.29 is 9.53 Å². The van der Waals surface area contributed by atoms with E-state index in [4.69, 9.17) is 21.5 Å². The third-order valence-electron chi connectivity index (χ3n) is 5.20. The summed E-state index contributed by atoms with van der Waals surface area (Å²) >= 11 is 0. The first-order chi connectivity index (χ1) is 16.0. The summed E-state index contributed by atoms with van der Waals surface area (Å²) in [5.74, 6) is 0.0649. The monoisotopic (exact) mass is 438 g/mol. The number of methoxy groups -OCH3 is 1. The van der Waals surface area contributed by atoms with Gasteiger partial charge in [0.15, 0.2) is 6.19 Å². The minimum Gasteiger partial charge on any atom is -0.465 e. The second kappa shape index (κ2) is 8.57. The highest BCUT2D eigenvalue weighted by Crippen LogP contribution is 2.41. The van der Waals surface area contributed by atoms with Crippen LogP contribution in [0.4, 0.5) is 17.3 Å². The van der Waals surface area contributed by atoms with Gasteiger partial charge in [0.05, 0.1) is 18.4 Å². The van der Waals surface area contributed by atoms with E-state index in [9.17, 15) is 10.1 Å². The van der Waals surface area contributed by atoms with Crippen LogP contribution < -0.4 is 22.1 Å². The number of benzene rings is 2. The molecule has 0 amide bonds. The van der Waals surface area contributed by atoms with Gasteiger partial charge in [0.2, 0.25) is 5.96 Å². The van der Waals surface area contributed by atoms with Crippen LogP contribution in [0, 0.1) is 22.8 Å². The van der Waals surface area contributed by atoms with Gasteiger partial charge in [-0.05, 0) is 34.9 Å². The van der Waals surface area contributed by atoms with Gasteiger partial charge >= 0.3 is 5.97 Å². The molecule has 1 unspecified atom stereocenters. The minimum atomic E-state index is -0.647. The van der Waals surface area contributed by atoms with Crippen LogP contribution in [-0.4, -0.2) is 24.0 Å². The van der Waals surface area contributed by atoms with Gasteiger partial charge in [-0.1, -0.05) is 30.3 Å². The van der Waals surface area contributed by atoms with Gasteiger partial charge in [-0.2, -0.15) is 10.5 Å². The summed E-state index contributed by atoms with van der Waals surface area (Å²) in [6.07, 6.45) is 1.82. The molecule has 0 radical (unpaired) electrons. The number of aromatic nitrogens is 1. The summed E-state index contributed by atoms with van der Waals surface area (Å²) in [7, 11) is 1.33. The summed E-state index contributed by atoms with van der Waals surface area (Å²) in [5, 5.41) is 23.9. The van der Waals surface area contributed by atoms with E-state index in [-0.39, 0.29) is 23.0 Å². The minimum absolute atomic E-state index is 0.0161. The fraction of sp³-hybridized carbons (Fsp3) is 0.0870. The molecule has 6 N–H and O–H groups in total. The van der Waals surface area contributed by atoms with Crippen molar-refractivity contribution in [2.45, 2.75) is 6.04 Å². The molecule has 0 spiro atoms. The number of guanidine groups is 1. The standard InChI is InChI=1S/C23H18N8O2/c1-33-22(32)13-7-5-12(6-8-13)14-3-2-4-15(9-14)19-17-18(26)16(10-24)20(27)30-21(17)31-23(29-19)28-11-25/h2-9,19H,1H3,(H6,26,27,28,29,30,31). The Balaban J connectivity index is 1.82. The Morgan fingerprint density at radius 2 is 1.91 bits per heavy atom. The van der Waals surface area contributed by atoms with Crippen molar-refractivity contribution in [1.29, 1.82) is 10.5 Å². The lowest BCUT2D eigenvalue weighted by atomic mass is 9.92. The molecule has 33 heavy (non-hydrogen) atoms. The van der Waals surface area contributed by atoms with Crippen LogP contribution >= 0.6 is 0 Å². The highest BCUT2D eigenvalue weighted by molar-refractivity contribution is 5.98. The second-order valence-electron chi connectivity index (χ2n) is 7.10.